The van der Waals surface area contributed by atoms with Crippen molar-refractivity contribution >= 4 is 16.9 Å². The normalized spacial score (nSPS) is 14.7. The van der Waals surface area contributed by atoms with Gasteiger partial charge in [-0.2, -0.15) is 0 Å². The number of carbonyl (C=O) groups is 1. The van der Waals surface area contributed by atoms with Crippen molar-refractivity contribution in [3.63, 3.8) is 0 Å². The van der Waals surface area contributed by atoms with Crippen LogP contribution in [0.15, 0.2) is 29.2 Å². The highest BCUT2D eigenvalue weighted by atomic mass is 19.1. The summed E-state index contributed by atoms with van der Waals surface area (Å²) in [4.78, 5) is 26.5. The second-order valence-electron chi connectivity index (χ2n) is 4.33. The molecule has 3 rings (SSSR count). The molecule has 1 aromatic carbocycles. The van der Waals surface area contributed by atoms with E-state index in [9.17, 15) is 14.0 Å². The first-order valence-corrected chi connectivity index (χ1v) is 5.67. The molecule has 1 saturated carbocycles. The maximum Gasteiger partial charge on any atom is 0.343 e. The van der Waals surface area contributed by atoms with Crippen LogP contribution in [-0.4, -0.2) is 17.1 Å². The molecule has 1 N–H and O–H groups in total. The van der Waals surface area contributed by atoms with Crippen molar-refractivity contribution in [1.82, 2.24) is 4.98 Å². The summed E-state index contributed by atoms with van der Waals surface area (Å²) in [5.74, 6) is -1.16. The number of fused-ring (bicyclic) bond motifs is 1. The predicted octanol–water partition coefficient (Wildman–Crippen LogP) is 1.99. The average Bonchev–Trinajstić information content (AvgIpc) is 3.14. The lowest BCUT2D eigenvalue weighted by Crippen LogP contribution is -2.18. The lowest BCUT2D eigenvalue weighted by molar-refractivity contribution is 0.0470. The van der Waals surface area contributed by atoms with Crippen LogP contribution in [0.2, 0.25) is 0 Å². The van der Waals surface area contributed by atoms with Crippen molar-refractivity contribution in [2.75, 3.05) is 0 Å². The molecule has 0 saturated heterocycles. The molecule has 0 spiro atoms. The highest BCUT2D eigenvalue weighted by Gasteiger charge is 2.27. The number of esters is 1. The minimum atomic E-state index is -0.648. The number of aromatic nitrogens is 1. The van der Waals surface area contributed by atoms with E-state index < -0.39 is 17.2 Å². The summed E-state index contributed by atoms with van der Waals surface area (Å²) in [5, 5.41) is 0.153. The van der Waals surface area contributed by atoms with E-state index in [0.717, 1.165) is 18.9 Å². The number of nitrogens with one attached hydrogen (secondary N) is 1. The van der Waals surface area contributed by atoms with Gasteiger partial charge in [0.15, 0.2) is 0 Å². The van der Waals surface area contributed by atoms with Crippen LogP contribution in [0.5, 0.6) is 0 Å². The SMILES string of the molecule is O=C(OC1CC1)c1c[nH]c2ccc(F)cc2c1=O. The molecule has 1 aliphatic carbocycles. The molecule has 1 heterocycles. The van der Waals surface area contributed by atoms with Gasteiger partial charge in [-0.25, -0.2) is 9.18 Å². The molecule has 0 radical (unpaired) electrons. The zero-order valence-electron chi connectivity index (χ0n) is 9.40. The molecule has 0 atom stereocenters. The Morgan fingerprint density at radius 2 is 2.17 bits per heavy atom. The van der Waals surface area contributed by atoms with Crippen LogP contribution in [0.25, 0.3) is 10.9 Å². The van der Waals surface area contributed by atoms with Gasteiger partial charge in [-0.3, -0.25) is 4.79 Å². The van der Waals surface area contributed by atoms with E-state index in [1.165, 1.54) is 18.3 Å². The van der Waals surface area contributed by atoms with Gasteiger partial charge in [0.1, 0.15) is 17.5 Å². The summed E-state index contributed by atoms with van der Waals surface area (Å²) >= 11 is 0. The molecule has 0 unspecified atom stereocenters. The Hall–Kier alpha value is -2.17. The highest BCUT2D eigenvalue weighted by Crippen LogP contribution is 2.24. The van der Waals surface area contributed by atoms with E-state index in [4.69, 9.17) is 4.74 Å². The lowest BCUT2D eigenvalue weighted by Gasteiger charge is -2.04. The Kier molecular flexibility index (Phi) is 2.40. The number of halogens is 1. The number of rotatable bonds is 2. The van der Waals surface area contributed by atoms with Crippen LogP contribution in [0, 0.1) is 5.82 Å². The van der Waals surface area contributed by atoms with Crippen LogP contribution in [0.4, 0.5) is 4.39 Å². The number of pyridine rings is 1. The van der Waals surface area contributed by atoms with E-state index in [0.29, 0.717) is 5.52 Å². The summed E-state index contributed by atoms with van der Waals surface area (Å²) in [6, 6.07) is 3.82. The van der Waals surface area contributed by atoms with Gasteiger partial charge in [0.2, 0.25) is 5.43 Å². The van der Waals surface area contributed by atoms with Gasteiger partial charge in [-0.1, -0.05) is 0 Å². The zero-order chi connectivity index (χ0) is 12.7. The van der Waals surface area contributed by atoms with Crippen molar-refractivity contribution in [1.29, 1.82) is 0 Å². The van der Waals surface area contributed by atoms with Gasteiger partial charge in [0, 0.05) is 17.1 Å². The summed E-state index contributed by atoms with van der Waals surface area (Å²) in [7, 11) is 0. The monoisotopic (exact) mass is 247 g/mol. The van der Waals surface area contributed by atoms with Gasteiger partial charge in [0.05, 0.1) is 0 Å². The molecule has 2 aromatic rings. The van der Waals surface area contributed by atoms with Gasteiger partial charge in [-0.15, -0.1) is 0 Å². The Balaban J connectivity index is 2.09. The number of aromatic amines is 1. The number of benzene rings is 1. The molecule has 5 heteroatoms. The molecule has 92 valence electrons. The minimum absolute atomic E-state index is 0.0693. The Morgan fingerprint density at radius 1 is 1.39 bits per heavy atom. The number of hydrogen-bond acceptors (Lipinski definition) is 3. The average molecular weight is 247 g/mol. The van der Waals surface area contributed by atoms with Crippen molar-refractivity contribution in [2.24, 2.45) is 0 Å². The minimum Gasteiger partial charge on any atom is -0.459 e. The topological polar surface area (TPSA) is 59.2 Å². The summed E-state index contributed by atoms with van der Waals surface area (Å²) < 4.78 is 18.2. The number of hydrogen-bond donors (Lipinski definition) is 1. The van der Waals surface area contributed by atoms with Crippen molar-refractivity contribution < 1.29 is 13.9 Å². The summed E-state index contributed by atoms with van der Waals surface area (Å²) in [6.07, 6.45) is 2.92. The predicted molar refractivity (Wildman–Crippen MR) is 63.0 cm³/mol. The Labute approximate surface area is 101 Å². The number of ether oxygens (including phenoxy) is 1. The standard InChI is InChI=1S/C13H10FNO3/c14-7-1-4-11-9(5-7)12(16)10(6-15-11)13(17)18-8-2-3-8/h1,4-6,8H,2-3H2,(H,15,16). The largest absolute Gasteiger partial charge is 0.459 e. The molecule has 18 heavy (non-hydrogen) atoms. The third-order valence-electron chi connectivity index (χ3n) is 2.86. The number of H-pyrrole nitrogens is 1. The Bertz CT molecular complexity index is 688. The second-order valence-corrected chi connectivity index (χ2v) is 4.33. The molecule has 1 aliphatic rings. The molecule has 1 aromatic heterocycles. The second kappa shape index (κ2) is 3.94. The zero-order valence-corrected chi connectivity index (χ0v) is 9.40. The third-order valence-corrected chi connectivity index (χ3v) is 2.86. The van der Waals surface area contributed by atoms with Crippen LogP contribution >= 0.6 is 0 Å². The van der Waals surface area contributed by atoms with E-state index in [1.54, 1.807) is 0 Å². The highest BCUT2D eigenvalue weighted by molar-refractivity contribution is 5.93. The van der Waals surface area contributed by atoms with E-state index >= 15 is 0 Å². The maximum absolute atomic E-state index is 13.1. The summed E-state index contributed by atoms with van der Waals surface area (Å²) in [5.41, 5.74) is -0.0988. The smallest absolute Gasteiger partial charge is 0.343 e. The molecule has 0 bridgehead atoms. The first-order valence-electron chi connectivity index (χ1n) is 5.67. The molecular formula is C13H10FNO3. The van der Waals surface area contributed by atoms with Crippen LogP contribution in [0.1, 0.15) is 23.2 Å². The quantitative estimate of drug-likeness (QED) is 0.825. The van der Waals surface area contributed by atoms with Crippen LogP contribution < -0.4 is 5.43 Å². The van der Waals surface area contributed by atoms with Crippen molar-refractivity contribution in [2.45, 2.75) is 18.9 Å². The van der Waals surface area contributed by atoms with Gasteiger partial charge >= 0.3 is 5.97 Å². The third kappa shape index (κ3) is 1.88. The molecule has 0 aliphatic heterocycles. The molecule has 4 nitrogen and oxygen atoms in total. The van der Waals surface area contributed by atoms with Crippen molar-refractivity contribution in [3.8, 4) is 0 Å². The molecule has 1 fully saturated rings. The van der Waals surface area contributed by atoms with Crippen LogP contribution in [-0.2, 0) is 4.74 Å². The first-order chi connectivity index (χ1) is 8.65. The van der Waals surface area contributed by atoms with Gasteiger partial charge < -0.3 is 9.72 Å². The van der Waals surface area contributed by atoms with Crippen molar-refractivity contribution in [3.05, 3.63) is 46.0 Å². The molecular weight excluding hydrogens is 237 g/mol. The first kappa shape index (κ1) is 11.0. The fourth-order valence-corrected chi connectivity index (χ4v) is 1.74. The van der Waals surface area contributed by atoms with E-state index in [1.807, 2.05) is 0 Å². The van der Waals surface area contributed by atoms with Gasteiger partial charge in [-0.05, 0) is 31.0 Å². The lowest BCUT2D eigenvalue weighted by atomic mass is 10.1. The molecule has 0 amide bonds. The fourth-order valence-electron chi connectivity index (χ4n) is 1.74. The van der Waals surface area contributed by atoms with Gasteiger partial charge in [0.25, 0.3) is 0 Å². The van der Waals surface area contributed by atoms with E-state index in [-0.39, 0.29) is 17.1 Å². The van der Waals surface area contributed by atoms with E-state index in [2.05, 4.69) is 4.98 Å². The fraction of sp³-hybridized carbons (Fsp3) is 0.231. The Morgan fingerprint density at radius 3 is 2.89 bits per heavy atom. The summed E-state index contributed by atoms with van der Waals surface area (Å²) in [6.45, 7) is 0. The number of carbonyl (C=O) groups excluding carboxylic acids is 1. The van der Waals surface area contributed by atoms with Crippen LogP contribution in [0.3, 0.4) is 0 Å². The maximum atomic E-state index is 13.1.